The number of ether oxygens (including phenoxy) is 1. The van der Waals surface area contributed by atoms with Crippen molar-refractivity contribution in [2.45, 2.75) is 31.2 Å². The van der Waals surface area contributed by atoms with Gasteiger partial charge in [-0.05, 0) is 44.5 Å². The van der Waals surface area contributed by atoms with Crippen LogP contribution in [0.15, 0.2) is 29.2 Å². The second-order valence-corrected chi connectivity index (χ2v) is 7.96. The van der Waals surface area contributed by atoms with Crippen LogP contribution in [0.1, 0.15) is 20.3 Å². The van der Waals surface area contributed by atoms with Gasteiger partial charge in [0, 0.05) is 32.2 Å². The number of urea groups is 1. The summed E-state index contributed by atoms with van der Waals surface area (Å²) < 4.78 is 32.0. The summed E-state index contributed by atoms with van der Waals surface area (Å²) >= 11 is 0. The van der Waals surface area contributed by atoms with E-state index < -0.39 is 10.0 Å². The molecule has 24 heavy (non-hydrogen) atoms. The van der Waals surface area contributed by atoms with Gasteiger partial charge in [0.1, 0.15) is 5.75 Å². The molecule has 1 aromatic carbocycles. The van der Waals surface area contributed by atoms with Crippen LogP contribution in [-0.2, 0) is 10.0 Å². The van der Waals surface area contributed by atoms with Crippen molar-refractivity contribution in [2.24, 2.45) is 0 Å². The van der Waals surface area contributed by atoms with Crippen molar-refractivity contribution in [1.29, 1.82) is 0 Å². The van der Waals surface area contributed by atoms with E-state index in [2.05, 4.69) is 5.32 Å². The first kappa shape index (κ1) is 18.5. The summed E-state index contributed by atoms with van der Waals surface area (Å²) in [5.74, 6) is 0.612. The van der Waals surface area contributed by atoms with Gasteiger partial charge in [0.05, 0.1) is 12.0 Å². The van der Waals surface area contributed by atoms with E-state index in [1.54, 1.807) is 29.2 Å². The molecule has 0 aliphatic carbocycles. The third-order valence-electron chi connectivity index (χ3n) is 3.85. The molecule has 1 saturated heterocycles. The average molecular weight is 355 g/mol. The first-order valence-corrected chi connectivity index (χ1v) is 9.48. The van der Waals surface area contributed by atoms with Gasteiger partial charge in [-0.1, -0.05) is 0 Å². The van der Waals surface area contributed by atoms with Gasteiger partial charge in [-0.3, -0.25) is 0 Å². The van der Waals surface area contributed by atoms with Gasteiger partial charge in [0.15, 0.2) is 0 Å². The fourth-order valence-corrected chi connectivity index (χ4v) is 4.04. The van der Waals surface area contributed by atoms with Crippen molar-refractivity contribution < 1.29 is 17.9 Å². The molecule has 1 aliphatic rings. The Kier molecular flexibility index (Phi) is 6.06. The molecule has 0 bridgehead atoms. The summed E-state index contributed by atoms with van der Waals surface area (Å²) in [6.45, 7) is 5.42. The Labute approximate surface area is 143 Å². The molecule has 0 radical (unpaired) electrons. The zero-order valence-corrected chi connectivity index (χ0v) is 15.2. The molecule has 2 rings (SSSR count). The van der Waals surface area contributed by atoms with Crippen LogP contribution in [0.25, 0.3) is 0 Å². The van der Waals surface area contributed by atoms with Crippen molar-refractivity contribution in [1.82, 2.24) is 14.5 Å². The third kappa shape index (κ3) is 4.39. The van der Waals surface area contributed by atoms with Crippen LogP contribution in [0.4, 0.5) is 4.79 Å². The van der Waals surface area contributed by atoms with Gasteiger partial charge >= 0.3 is 6.03 Å². The average Bonchev–Trinajstić information content (AvgIpc) is 2.81. The van der Waals surface area contributed by atoms with E-state index >= 15 is 0 Å². The molecule has 7 nitrogen and oxygen atoms in total. The number of nitrogens with one attached hydrogen (secondary N) is 1. The van der Waals surface area contributed by atoms with E-state index in [1.807, 2.05) is 13.8 Å². The molecule has 0 aromatic heterocycles. The van der Waals surface area contributed by atoms with Crippen molar-refractivity contribution in [3.8, 4) is 5.75 Å². The van der Waals surface area contributed by atoms with Crippen molar-refractivity contribution in [2.75, 3.05) is 33.3 Å². The van der Waals surface area contributed by atoms with E-state index in [-0.39, 0.29) is 17.0 Å². The Morgan fingerprint density at radius 1 is 1.12 bits per heavy atom. The van der Waals surface area contributed by atoms with Gasteiger partial charge in [-0.2, -0.15) is 4.31 Å². The highest BCUT2D eigenvalue weighted by atomic mass is 32.2. The topological polar surface area (TPSA) is 79.0 Å². The highest BCUT2D eigenvalue weighted by molar-refractivity contribution is 7.89. The van der Waals surface area contributed by atoms with Crippen LogP contribution in [0.3, 0.4) is 0 Å². The molecule has 1 aromatic rings. The second-order valence-electron chi connectivity index (χ2n) is 6.02. The van der Waals surface area contributed by atoms with Crippen molar-refractivity contribution in [3.63, 3.8) is 0 Å². The molecule has 0 spiro atoms. The Morgan fingerprint density at radius 3 is 2.38 bits per heavy atom. The highest BCUT2D eigenvalue weighted by Crippen LogP contribution is 2.20. The Hall–Kier alpha value is -1.80. The molecule has 134 valence electrons. The van der Waals surface area contributed by atoms with Crippen LogP contribution in [0.2, 0.25) is 0 Å². The van der Waals surface area contributed by atoms with Crippen molar-refractivity contribution in [3.05, 3.63) is 24.3 Å². The molecule has 0 saturated carbocycles. The maximum absolute atomic E-state index is 12.8. The lowest BCUT2D eigenvalue weighted by Crippen LogP contribution is -2.44. The zero-order valence-electron chi connectivity index (χ0n) is 14.4. The van der Waals surface area contributed by atoms with Crippen molar-refractivity contribution >= 4 is 16.1 Å². The lowest BCUT2D eigenvalue weighted by molar-refractivity contribution is 0.198. The second kappa shape index (κ2) is 7.85. The summed E-state index contributed by atoms with van der Waals surface area (Å²) in [7, 11) is -2.03. The van der Waals surface area contributed by atoms with Gasteiger partial charge in [0.25, 0.3) is 0 Å². The zero-order chi connectivity index (χ0) is 17.7. The molecule has 0 atom stereocenters. The van der Waals surface area contributed by atoms with E-state index in [4.69, 9.17) is 4.74 Å². The molecule has 1 fully saturated rings. The smallest absolute Gasteiger partial charge is 0.317 e. The maximum atomic E-state index is 12.8. The molecule has 0 unspecified atom stereocenters. The number of carbonyl (C=O) groups is 1. The highest BCUT2D eigenvalue weighted by Gasteiger charge is 2.28. The number of sulfonamides is 1. The molecular formula is C16H25N3O4S. The minimum Gasteiger partial charge on any atom is -0.497 e. The van der Waals surface area contributed by atoms with Crippen LogP contribution >= 0.6 is 0 Å². The summed E-state index contributed by atoms with van der Waals surface area (Å²) in [6, 6.07) is 6.26. The van der Waals surface area contributed by atoms with E-state index in [0.29, 0.717) is 38.3 Å². The molecular weight excluding hydrogens is 330 g/mol. The number of hydrogen-bond donors (Lipinski definition) is 1. The quantitative estimate of drug-likeness (QED) is 0.888. The number of amides is 2. The standard InChI is InChI=1S/C16H25N3O4S/c1-13(2)17-16(20)18-9-4-10-19(12-11-18)24(21,22)15-7-5-14(23-3)6-8-15/h5-8,13H,4,9-12H2,1-3H3,(H,17,20). The third-order valence-corrected chi connectivity index (χ3v) is 5.76. The Morgan fingerprint density at radius 2 is 1.79 bits per heavy atom. The number of methoxy groups -OCH3 is 1. The number of hydrogen-bond acceptors (Lipinski definition) is 4. The van der Waals surface area contributed by atoms with E-state index in [0.717, 1.165) is 0 Å². The largest absolute Gasteiger partial charge is 0.497 e. The molecule has 1 aliphatic heterocycles. The minimum atomic E-state index is -3.56. The summed E-state index contributed by atoms with van der Waals surface area (Å²) in [5.41, 5.74) is 0. The fourth-order valence-electron chi connectivity index (χ4n) is 2.57. The lowest BCUT2D eigenvalue weighted by Gasteiger charge is -2.23. The monoisotopic (exact) mass is 355 g/mol. The van der Waals surface area contributed by atoms with Crippen LogP contribution in [0.5, 0.6) is 5.75 Å². The molecule has 1 N–H and O–H groups in total. The Balaban J connectivity index is 2.07. The first-order valence-electron chi connectivity index (χ1n) is 8.04. The van der Waals surface area contributed by atoms with Gasteiger partial charge in [-0.15, -0.1) is 0 Å². The van der Waals surface area contributed by atoms with Gasteiger partial charge < -0.3 is 15.0 Å². The first-order chi connectivity index (χ1) is 11.3. The van der Waals surface area contributed by atoms with Gasteiger partial charge in [0.2, 0.25) is 10.0 Å². The number of rotatable bonds is 4. The molecule has 2 amide bonds. The maximum Gasteiger partial charge on any atom is 0.317 e. The molecule has 8 heteroatoms. The Bertz CT molecular complexity index is 658. The number of nitrogens with zero attached hydrogens (tertiary/aromatic N) is 2. The summed E-state index contributed by atoms with van der Waals surface area (Å²) in [4.78, 5) is 14.0. The fraction of sp³-hybridized carbons (Fsp3) is 0.562. The van der Waals surface area contributed by atoms with Crippen LogP contribution < -0.4 is 10.1 Å². The predicted octanol–water partition coefficient (Wildman–Crippen LogP) is 1.51. The number of carbonyl (C=O) groups excluding carboxylic acids is 1. The summed E-state index contributed by atoms with van der Waals surface area (Å²) in [6.07, 6.45) is 0.612. The van der Waals surface area contributed by atoms with Crippen LogP contribution in [-0.4, -0.2) is 63.0 Å². The SMILES string of the molecule is COc1ccc(S(=O)(=O)N2CCCN(C(=O)NC(C)C)CC2)cc1. The number of benzene rings is 1. The van der Waals surface area contributed by atoms with E-state index in [9.17, 15) is 13.2 Å². The predicted molar refractivity (Wildman–Crippen MR) is 91.6 cm³/mol. The van der Waals surface area contributed by atoms with Crippen LogP contribution in [0, 0.1) is 0 Å². The van der Waals surface area contributed by atoms with Gasteiger partial charge in [-0.25, -0.2) is 13.2 Å². The molecule has 1 heterocycles. The normalized spacial score (nSPS) is 16.8. The minimum absolute atomic E-state index is 0.0555. The van der Waals surface area contributed by atoms with E-state index in [1.165, 1.54) is 11.4 Å². The lowest BCUT2D eigenvalue weighted by atomic mass is 10.3. The summed E-state index contributed by atoms with van der Waals surface area (Å²) in [5, 5.41) is 2.84.